The van der Waals surface area contributed by atoms with Gasteiger partial charge >= 0.3 is 12.8 Å². The monoisotopic (exact) mass is 461 g/mol. The van der Waals surface area contributed by atoms with Crippen LogP contribution in [0.2, 0.25) is 0 Å². The first-order valence-electron chi connectivity index (χ1n) is 9.56. The van der Waals surface area contributed by atoms with Crippen LogP contribution in [-0.2, 0) is 11.0 Å². The lowest BCUT2D eigenvalue weighted by Gasteiger charge is -2.15. The average Bonchev–Trinajstić information content (AvgIpc) is 3.17. The topological polar surface area (TPSA) is 63.6 Å². The van der Waals surface area contributed by atoms with Crippen LogP contribution in [0, 0.1) is 6.92 Å². The molecule has 0 bridgehead atoms. The van der Waals surface area contributed by atoms with E-state index < -0.39 is 30.1 Å². The van der Waals surface area contributed by atoms with Gasteiger partial charge in [-0.2, -0.15) is 22.0 Å². The zero-order valence-electron chi connectivity index (χ0n) is 16.7. The molecule has 1 N–H and O–H groups in total. The lowest BCUT2D eigenvalue weighted by molar-refractivity contribution is -0.136. The van der Waals surface area contributed by atoms with Crippen LogP contribution >= 0.6 is 11.8 Å². The molecule has 1 aliphatic heterocycles. The first-order valence-corrected chi connectivity index (χ1v) is 10.5. The zero-order valence-corrected chi connectivity index (χ0v) is 17.5. The maximum atomic E-state index is 13.6. The lowest BCUT2D eigenvalue weighted by atomic mass is 10.0. The van der Waals surface area contributed by atoms with E-state index in [9.17, 15) is 26.7 Å². The summed E-state index contributed by atoms with van der Waals surface area (Å²) in [6.07, 6.45) is -3.06. The molecule has 11 heteroatoms. The summed E-state index contributed by atoms with van der Waals surface area (Å²) in [4.78, 5) is 20.7. The minimum atomic E-state index is -4.83. The summed E-state index contributed by atoms with van der Waals surface area (Å²) in [6.45, 7) is 0.830. The molecule has 31 heavy (non-hydrogen) atoms. The standard InChI is InChI=1S/C20H20F5N3O2S/c1-3-4-5-26-17(29)15-9-31-18(28-15)14-6-10(2)12-7-11(30-19(21)22)8-13(16(12)27-14)20(23,24)25/h6-8,15,19H,3-5,9H2,1-2H3,(H,26,29)/t15-/m0/s1. The van der Waals surface area contributed by atoms with Crippen molar-refractivity contribution in [3.05, 3.63) is 35.0 Å². The Bertz CT molecular complexity index is 1010. The number of aryl methyl sites for hydroxylation is 1. The molecule has 1 aromatic carbocycles. The van der Waals surface area contributed by atoms with E-state index in [4.69, 9.17) is 0 Å². The van der Waals surface area contributed by atoms with Gasteiger partial charge in [-0.3, -0.25) is 9.79 Å². The molecule has 1 aliphatic rings. The van der Waals surface area contributed by atoms with Gasteiger partial charge in [0.05, 0.1) is 16.8 Å². The Labute approximate surface area is 179 Å². The molecule has 5 nitrogen and oxygen atoms in total. The Morgan fingerprint density at radius 2 is 2.06 bits per heavy atom. The molecule has 0 spiro atoms. The van der Waals surface area contributed by atoms with Gasteiger partial charge in [0.1, 0.15) is 16.8 Å². The van der Waals surface area contributed by atoms with Crippen molar-refractivity contribution < 1.29 is 31.5 Å². The number of unbranched alkanes of at least 4 members (excludes halogenated alkanes) is 1. The Hall–Kier alpha value is -2.43. The molecule has 2 aromatic rings. The van der Waals surface area contributed by atoms with Crippen molar-refractivity contribution >= 4 is 33.6 Å². The molecule has 0 aliphatic carbocycles. The first kappa shape index (κ1) is 23.2. The number of nitrogens with zero attached hydrogens (tertiary/aromatic N) is 2. The van der Waals surface area contributed by atoms with Gasteiger partial charge in [0.25, 0.3) is 0 Å². The van der Waals surface area contributed by atoms with Crippen molar-refractivity contribution in [1.82, 2.24) is 10.3 Å². The quantitative estimate of drug-likeness (QED) is 0.469. The SMILES string of the molecule is CCCCNC(=O)[C@@H]1CSC(c2cc(C)c3cc(OC(F)F)cc(C(F)(F)F)c3n2)=N1. The van der Waals surface area contributed by atoms with E-state index in [2.05, 4.69) is 20.0 Å². The van der Waals surface area contributed by atoms with E-state index in [1.807, 2.05) is 6.92 Å². The van der Waals surface area contributed by atoms with E-state index in [0.29, 0.717) is 29.0 Å². The predicted octanol–water partition coefficient (Wildman–Crippen LogP) is 4.94. The fourth-order valence-electron chi connectivity index (χ4n) is 3.12. The summed E-state index contributed by atoms with van der Waals surface area (Å²) in [5.74, 6) is -0.471. The fourth-order valence-corrected chi connectivity index (χ4v) is 4.11. The highest BCUT2D eigenvalue weighted by atomic mass is 32.2. The normalized spacial score (nSPS) is 16.6. The smallest absolute Gasteiger partial charge is 0.418 e. The first-order chi connectivity index (χ1) is 14.6. The largest absolute Gasteiger partial charge is 0.435 e. The number of pyridine rings is 1. The molecule has 0 unspecified atom stereocenters. The second-order valence-electron chi connectivity index (χ2n) is 6.97. The molecule has 0 saturated carbocycles. The van der Waals surface area contributed by atoms with Crippen molar-refractivity contribution in [2.75, 3.05) is 12.3 Å². The van der Waals surface area contributed by atoms with E-state index in [-0.39, 0.29) is 22.5 Å². The highest BCUT2D eigenvalue weighted by Crippen LogP contribution is 2.39. The molecule has 1 atom stereocenters. The van der Waals surface area contributed by atoms with Crippen LogP contribution in [-0.4, -0.2) is 40.9 Å². The number of carbonyl (C=O) groups excluding carboxylic acids is 1. The van der Waals surface area contributed by atoms with Crippen molar-refractivity contribution in [3.63, 3.8) is 0 Å². The van der Waals surface area contributed by atoms with E-state index in [0.717, 1.165) is 18.9 Å². The van der Waals surface area contributed by atoms with Gasteiger partial charge in [0.2, 0.25) is 5.91 Å². The summed E-state index contributed by atoms with van der Waals surface area (Å²) in [5.41, 5.74) is -0.970. The number of carbonyl (C=O) groups is 1. The molecule has 168 valence electrons. The number of amides is 1. The van der Waals surface area contributed by atoms with Crippen molar-refractivity contribution in [2.24, 2.45) is 4.99 Å². The van der Waals surface area contributed by atoms with Crippen molar-refractivity contribution in [2.45, 2.75) is 45.5 Å². The number of hydrogen-bond acceptors (Lipinski definition) is 5. The second kappa shape index (κ2) is 9.37. The number of aromatic nitrogens is 1. The summed E-state index contributed by atoms with van der Waals surface area (Å²) in [7, 11) is 0. The summed E-state index contributed by atoms with van der Waals surface area (Å²) < 4.78 is 70.1. The number of thioether (sulfide) groups is 1. The molecule has 1 amide bonds. The van der Waals surface area contributed by atoms with Gasteiger partial charge in [0.15, 0.2) is 0 Å². The summed E-state index contributed by atoms with van der Waals surface area (Å²) in [6, 6.07) is 2.51. The van der Waals surface area contributed by atoms with E-state index >= 15 is 0 Å². The van der Waals surface area contributed by atoms with Crippen LogP contribution in [0.4, 0.5) is 22.0 Å². The number of rotatable bonds is 7. The average molecular weight is 461 g/mol. The van der Waals surface area contributed by atoms with Gasteiger partial charge in [-0.1, -0.05) is 13.3 Å². The molecule has 1 aromatic heterocycles. The highest BCUT2D eigenvalue weighted by molar-refractivity contribution is 8.14. The molecule has 0 saturated heterocycles. The van der Waals surface area contributed by atoms with Gasteiger partial charge in [0, 0.05) is 17.7 Å². The zero-order chi connectivity index (χ0) is 22.8. The van der Waals surface area contributed by atoms with Gasteiger partial charge in [-0.25, -0.2) is 4.98 Å². The number of ether oxygens (including phenoxy) is 1. The van der Waals surface area contributed by atoms with Gasteiger partial charge < -0.3 is 10.1 Å². The van der Waals surface area contributed by atoms with Crippen LogP contribution in [0.1, 0.15) is 36.6 Å². The number of nitrogens with one attached hydrogen (secondary N) is 1. The minimum Gasteiger partial charge on any atom is -0.435 e. The van der Waals surface area contributed by atoms with Gasteiger partial charge in [-0.05, 0) is 37.1 Å². The third-order valence-corrected chi connectivity index (χ3v) is 5.70. The Morgan fingerprint density at radius 1 is 1.32 bits per heavy atom. The maximum Gasteiger partial charge on any atom is 0.418 e. The van der Waals surface area contributed by atoms with Crippen LogP contribution in [0.5, 0.6) is 5.75 Å². The maximum absolute atomic E-state index is 13.6. The lowest BCUT2D eigenvalue weighted by Crippen LogP contribution is -2.34. The highest BCUT2D eigenvalue weighted by Gasteiger charge is 2.35. The van der Waals surface area contributed by atoms with Crippen LogP contribution < -0.4 is 10.1 Å². The predicted molar refractivity (Wildman–Crippen MR) is 109 cm³/mol. The number of alkyl halides is 5. The van der Waals surface area contributed by atoms with Crippen molar-refractivity contribution in [3.8, 4) is 5.75 Å². The molecular weight excluding hydrogens is 441 g/mol. The molecule has 2 heterocycles. The number of hydrogen-bond donors (Lipinski definition) is 1. The van der Waals surface area contributed by atoms with Gasteiger partial charge in [-0.15, -0.1) is 11.8 Å². The summed E-state index contributed by atoms with van der Waals surface area (Å²) in [5, 5.41) is 3.20. The second-order valence-corrected chi connectivity index (χ2v) is 7.98. The number of halogens is 5. The van der Waals surface area contributed by atoms with E-state index in [1.165, 1.54) is 17.8 Å². The molecule has 0 radical (unpaired) electrons. The number of aliphatic imine (C=N–C) groups is 1. The van der Waals surface area contributed by atoms with E-state index in [1.54, 1.807) is 6.92 Å². The number of fused-ring (bicyclic) bond motifs is 1. The van der Waals surface area contributed by atoms with Crippen LogP contribution in [0.3, 0.4) is 0 Å². The Kier molecular flexibility index (Phi) is 7.03. The van der Waals surface area contributed by atoms with Crippen LogP contribution in [0.25, 0.3) is 10.9 Å². The van der Waals surface area contributed by atoms with Crippen molar-refractivity contribution in [1.29, 1.82) is 0 Å². The molecule has 0 fully saturated rings. The molecular formula is C20H20F5N3O2S. The Balaban J connectivity index is 2.00. The minimum absolute atomic E-state index is 0.0479. The Morgan fingerprint density at radius 3 is 2.71 bits per heavy atom. The fraction of sp³-hybridized carbons (Fsp3) is 0.450. The third kappa shape index (κ3) is 5.44. The van der Waals surface area contributed by atoms with Crippen LogP contribution in [0.15, 0.2) is 23.2 Å². The summed E-state index contributed by atoms with van der Waals surface area (Å²) >= 11 is 1.23. The molecule has 3 rings (SSSR count). The third-order valence-electron chi connectivity index (χ3n) is 4.63. The number of benzene rings is 1.